The van der Waals surface area contributed by atoms with E-state index in [0.29, 0.717) is 18.9 Å². The van der Waals surface area contributed by atoms with Crippen molar-refractivity contribution >= 4 is 5.78 Å². The average molecular weight is 288 g/mol. The summed E-state index contributed by atoms with van der Waals surface area (Å²) in [5.74, 6) is -0.188. The van der Waals surface area contributed by atoms with Gasteiger partial charge in [-0.1, -0.05) is 26.0 Å². The zero-order valence-electron chi connectivity index (χ0n) is 12.6. The molecule has 112 valence electrons. The number of hydrogen-bond acceptors (Lipinski definition) is 2. The molecule has 0 bridgehead atoms. The Hall–Kier alpha value is -1.97. The van der Waals surface area contributed by atoms with Crippen molar-refractivity contribution in [2.24, 2.45) is 0 Å². The molecule has 0 N–H and O–H groups in total. The van der Waals surface area contributed by atoms with Gasteiger partial charge < -0.3 is 0 Å². The van der Waals surface area contributed by atoms with Gasteiger partial charge >= 0.3 is 0 Å². The van der Waals surface area contributed by atoms with Gasteiger partial charge in [-0.2, -0.15) is 5.10 Å². The highest BCUT2D eigenvalue weighted by Gasteiger charge is 2.11. The molecule has 1 heterocycles. The van der Waals surface area contributed by atoms with Gasteiger partial charge in [-0.15, -0.1) is 0 Å². The average Bonchev–Trinajstić information content (AvgIpc) is 2.91. The molecular formula is C17H21FN2O. The molecule has 0 spiro atoms. The predicted octanol–water partition coefficient (Wildman–Crippen LogP) is 3.74. The molecule has 1 aromatic carbocycles. The standard InChI is InChI=1S/C17H21FN2O/c1-3-16(4-2)20-10-9-15(19-20)12-17(21)11-13-5-7-14(18)8-6-13/h5-10,16H,3-4,11-12H2,1-2H3. The fourth-order valence-corrected chi connectivity index (χ4v) is 2.43. The number of aromatic nitrogens is 2. The summed E-state index contributed by atoms with van der Waals surface area (Å²) in [6.45, 7) is 4.27. The molecule has 4 heteroatoms. The van der Waals surface area contributed by atoms with Crippen LogP contribution in [0.4, 0.5) is 4.39 Å². The predicted molar refractivity (Wildman–Crippen MR) is 80.7 cm³/mol. The summed E-state index contributed by atoms with van der Waals surface area (Å²) in [5, 5.41) is 4.48. The summed E-state index contributed by atoms with van der Waals surface area (Å²) >= 11 is 0. The Balaban J connectivity index is 1.95. The zero-order chi connectivity index (χ0) is 15.2. The van der Waals surface area contributed by atoms with Gasteiger partial charge in [0.2, 0.25) is 0 Å². The zero-order valence-corrected chi connectivity index (χ0v) is 12.6. The number of hydrogen-bond donors (Lipinski definition) is 0. The number of nitrogens with zero attached hydrogens (tertiary/aromatic N) is 2. The maximum atomic E-state index is 12.8. The monoisotopic (exact) mass is 288 g/mol. The van der Waals surface area contributed by atoms with E-state index in [0.717, 1.165) is 24.1 Å². The number of benzene rings is 1. The fraction of sp³-hybridized carbons (Fsp3) is 0.412. The number of rotatable bonds is 7. The first-order chi connectivity index (χ1) is 10.1. The van der Waals surface area contributed by atoms with Crippen LogP contribution in [-0.4, -0.2) is 15.6 Å². The Kier molecular flexibility index (Phi) is 5.26. The van der Waals surface area contributed by atoms with Crippen LogP contribution in [0.15, 0.2) is 36.5 Å². The number of carbonyl (C=O) groups is 1. The van der Waals surface area contributed by atoms with Crippen molar-refractivity contribution in [2.75, 3.05) is 0 Å². The molecule has 0 aliphatic heterocycles. The van der Waals surface area contributed by atoms with Crippen LogP contribution in [0.3, 0.4) is 0 Å². The van der Waals surface area contributed by atoms with Crippen LogP contribution in [-0.2, 0) is 17.6 Å². The van der Waals surface area contributed by atoms with Crippen LogP contribution in [0.25, 0.3) is 0 Å². The molecule has 2 rings (SSSR count). The first-order valence-electron chi connectivity index (χ1n) is 7.42. The largest absolute Gasteiger partial charge is 0.299 e. The molecule has 0 fully saturated rings. The Morgan fingerprint density at radius 2 is 1.81 bits per heavy atom. The van der Waals surface area contributed by atoms with Crippen LogP contribution in [0, 0.1) is 5.82 Å². The third kappa shape index (κ3) is 4.25. The molecule has 0 unspecified atom stereocenters. The summed E-state index contributed by atoms with van der Waals surface area (Å²) < 4.78 is 14.8. The van der Waals surface area contributed by atoms with Gasteiger partial charge in [0.05, 0.1) is 18.2 Å². The van der Waals surface area contributed by atoms with E-state index in [2.05, 4.69) is 18.9 Å². The molecule has 0 saturated carbocycles. The summed E-state index contributed by atoms with van der Waals surface area (Å²) in [4.78, 5) is 12.0. The van der Waals surface area contributed by atoms with E-state index >= 15 is 0 Å². The number of halogens is 1. The first kappa shape index (κ1) is 15.4. The van der Waals surface area contributed by atoms with Crippen molar-refractivity contribution in [3.63, 3.8) is 0 Å². The van der Waals surface area contributed by atoms with Gasteiger partial charge in [0.15, 0.2) is 0 Å². The summed E-state index contributed by atoms with van der Waals surface area (Å²) in [6, 6.07) is 8.35. The molecule has 3 nitrogen and oxygen atoms in total. The highest BCUT2D eigenvalue weighted by Crippen LogP contribution is 2.15. The van der Waals surface area contributed by atoms with E-state index in [9.17, 15) is 9.18 Å². The second-order valence-corrected chi connectivity index (χ2v) is 5.28. The first-order valence-corrected chi connectivity index (χ1v) is 7.42. The normalized spacial score (nSPS) is 11.0. The molecule has 0 aliphatic carbocycles. The number of Topliss-reactive ketones (excluding diaryl/α,β-unsaturated/α-hetero) is 1. The van der Waals surface area contributed by atoms with Crippen LogP contribution >= 0.6 is 0 Å². The van der Waals surface area contributed by atoms with Crippen molar-refractivity contribution in [1.29, 1.82) is 0 Å². The second-order valence-electron chi connectivity index (χ2n) is 5.28. The molecule has 1 aromatic heterocycles. The molecule has 0 saturated heterocycles. The fourth-order valence-electron chi connectivity index (χ4n) is 2.43. The topological polar surface area (TPSA) is 34.9 Å². The van der Waals surface area contributed by atoms with Crippen LogP contribution in [0.1, 0.15) is 44.0 Å². The quantitative estimate of drug-likeness (QED) is 0.778. The van der Waals surface area contributed by atoms with Crippen LogP contribution in [0.2, 0.25) is 0 Å². The van der Waals surface area contributed by atoms with E-state index in [1.165, 1.54) is 12.1 Å². The number of ketones is 1. The van der Waals surface area contributed by atoms with Gasteiger partial charge in [0, 0.05) is 12.6 Å². The van der Waals surface area contributed by atoms with E-state index in [-0.39, 0.29) is 11.6 Å². The van der Waals surface area contributed by atoms with Gasteiger partial charge in [-0.25, -0.2) is 4.39 Å². The lowest BCUT2D eigenvalue weighted by Gasteiger charge is -2.12. The molecule has 0 aliphatic rings. The lowest BCUT2D eigenvalue weighted by Crippen LogP contribution is -2.10. The molecule has 2 aromatic rings. The second kappa shape index (κ2) is 7.16. The SMILES string of the molecule is CCC(CC)n1ccc(CC(=O)Cc2ccc(F)cc2)n1. The smallest absolute Gasteiger partial charge is 0.143 e. The Morgan fingerprint density at radius 1 is 1.14 bits per heavy atom. The van der Waals surface area contributed by atoms with Gasteiger partial charge in [-0.3, -0.25) is 9.48 Å². The third-order valence-electron chi connectivity index (χ3n) is 3.67. The lowest BCUT2D eigenvalue weighted by atomic mass is 10.1. The number of carbonyl (C=O) groups excluding carboxylic acids is 1. The summed E-state index contributed by atoms with van der Waals surface area (Å²) in [5.41, 5.74) is 1.63. The van der Waals surface area contributed by atoms with Crippen molar-refractivity contribution in [3.05, 3.63) is 53.6 Å². The molecule has 0 radical (unpaired) electrons. The highest BCUT2D eigenvalue weighted by atomic mass is 19.1. The maximum Gasteiger partial charge on any atom is 0.143 e. The van der Waals surface area contributed by atoms with Crippen molar-refractivity contribution in [3.8, 4) is 0 Å². The van der Waals surface area contributed by atoms with E-state index in [4.69, 9.17) is 0 Å². The Morgan fingerprint density at radius 3 is 2.43 bits per heavy atom. The van der Waals surface area contributed by atoms with Crippen molar-refractivity contribution < 1.29 is 9.18 Å². The Bertz CT molecular complexity index is 585. The summed E-state index contributed by atoms with van der Waals surface area (Å²) in [7, 11) is 0. The van der Waals surface area contributed by atoms with Crippen molar-refractivity contribution in [2.45, 2.75) is 45.6 Å². The minimum Gasteiger partial charge on any atom is -0.299 e. The van der Waals surface area contributed by atoms with Crippen LogP contribution < -0.4 is 0 Å². The molecule has 0 atom stereocenters. The third-order valence-corrected chi connectivity index (χ3v) is 3.67. The van der Waals surface area contributed by atoms with Crippen LogP contribution in [0.5, 0.6) is 0 Å². The van der Waals surface area contributed by atoms with Gasteiger partial charge in [-0.05, 0) is 36.6 Å². The van der Waals surface area contributed by atoms with E-state index in [1.807, 2.05) is 16.9 Å². The lowest BCUT2D eigenvalue weighted by molar-refractivity contribution is -0.117. The van der Waals surface area contributed by atoms with Gasteiger partial charge in [0.25, 0.3) is 0 Å². The van der Waals surface area contributed by atoms with Crippen molar-refractivity contribution in [1.82, 2.24) is 9.78 Å². The molecule has 0 amide bonds. The van der Waals surface area contributed by atoms with Gasteiger partial charge in [0.1, 0.15) is 11.6 Å². The minimum atomic E-state index is -0.282. The molecular weight excluding hydrogens is 267 g/mol. The minimum absolute atomic E-state index is 0.0939. The Labute approximate surface area is 124 Å². The highest BCUT2D eigenvalue weighted by molar-refractivity contribution is 5.82. The maximum absolute atomic E-state index is 12.8. The summed E-state index contributed by atoms with van der Waals surface area (Å²) in [6.07, 6.45) is 4.64. The molecule has 21 heavy (non-hydrogen) atoms. The van der Waals surface area contributed by atoms with E-state index < -0.39 is 0 Å². The van der Waals surface area contributed by atoms with E-state index in [1.54, 1.807) is 12.1 Å².